The highest BCUT2D eigenvalue weighted by molar-refractivity contribution is 6.14. The molecule has 0 unspecified atom stereocenters. The largest absolute Gasteiger partial charge is 0.416 e. The minimum Gasteiger partial charge on any atom is -0.308 e. The van der Waals surface area contributed by atoms with Crippen LogP contribution in [0.4, 0.5) is 18.9 Å². The van der Waals surface area contributed by atoms with E-state index in [1.807, 2.05) is 133 Å². The van der Waals surface area contributed by atoms with E-state index in [0.29, 0.717) is 131 Å². The van der Waals surface area contributed by atoms with E-state index < -0.39 is 11.7 Å². The zero-order chi connectivity index (χ0) is 53.8. The Labute approximate surface area is 438 Å². The number of halogens is 3. The van der Waals surface area contributed by atoms with Crippen LogP contribution >= 0.6 is 0 Å². The van der Waals surface area contributed by atoms with Crippen LogP contribution in [-0.4, -0.2) is 68.9 Å². The molecule has 0 radical (unpaired) electrons. The van der Waals surface area contributed by atoms with Crippen molar-refractivity contribution in [3.8, 4) is 68.1 Å². The highest BCUT2D eigenvalue weighted by Crippen LogP contribution is 2.48. The molecule has 0 aliphatic heterocycles. The molecular weight excluding hydrogens is 976 g/mol. The average Bonchev–Trinajstić information content (AvgIpc) is 4.14. The van der Waals surface area contributed by atoms with Crippen molar-refractivity contribution in [2.75, 3.05) is 0 Å². The van der Waals surface area contributed by atoms with Gasteiger partial charge >= 0.3 is 6.18 Å². The molecule has 0 spiro atoms. The first-order valence-corrected chi connectivity index (χ1v) is 24.6. The van der Waals surface area contributed by atoms with E-state index in [1.165, 1.54) is 6.07 Å². The van der Waals surface area contributed by atoms with Gasteiger partial charge in [0.1, 0.15) is 46.6 Å². The van der Waals surface area contributed by atoms with Crippen molar-refractivity contribution >= 4 is 49.3 Å². The van der Waals surface area contributed by atoms with Crippen LogP contribution in [0.2, 0.25) is 0 Å². The Hall–Kier alpha value is -9.76. The SMILES string of the molecule is [C-]#[N+]c1cc(-n2c3cc(-c4nc(C)nc(C)n4)ccc3c3ccc(-c4nc(C)nc(C)n4)cc32)c(-n2c3cc(-c4nc(C)nc(C)n4)ccc3c3ccc(-c4nc(C)nc(C)n4)cc32)cc1-c1c(C)cccc1C(F)(F)F. The van der Waals surface area contributed by atoms with E-state index in [4.69, 9.17) is 46.4 Å². The molecule has 0 amide bonds. The first-order chi connectivity index (χ1) is 36.9. The topological polar surface area (TPSA) is 169 Å². The summed E-state index contributed by atoms with van der Waals surface area (Å²) in [5.41, 5.74) is 5.82. The lowest BCUT2D eigenvalue weighted by molar-refractivity contribution is -0.137. The van der Waals surface area contributed by atoms with E-state index in [9.17, 15) is 0 Å². The highest BCUT2D eigenvalue weighted by atomic mass is 19.4. The molecule has 376 valence electrons. The number of fused-ring (bicyclic) bond motifs is 6. The van der Waals surface area contributed by atoms with Crippen molar-refractivity contribution in [1.82, 2.24) is 68.9 Å². The molecule has 0 saturated heterocycles. The summed E-state index contributed by atoms with van der Waals surface area (Å²) in [6.45, 7) is 24.9. The summed E-state index contributed by atoms with van der Waals surface area (Å²) in [7, 11) is 0. The average molecular weight is 1020 g/mol. The van der Waals surface area contributed by atoms with Crippen molar-refractivity contribution in [3.05, 3.63) is 172 Å². The Morgan fingerprint density at radius 3 is 1.00 bits per heavy atom. The van der Waals surface area contributed by atoms with Crippen LogP contribution in [0.3, 0.4) is 0 Å². The van der Waals surface area contributed by atoms with E-state index in [1.54, 1.807) is 25.1 Å². The smallest absolute Gasteiger partial charge is 0.308 e. The van der Waals surface area contributed by atoms with Gasteiger partial charge in [-0.2, -0.15) is 13.2 Å². The Kier molecular flexibility index (Phi) is 11.3. The zero-order valence-electron chi connectivity index (χ0n) is 43.2. The first kappa shape index (κ1) is 48.2. The number of aromatic nitrogens is 14. The molecule has 0 aliphatic carbocycles. The van der Waals surface area contributed by atoms with Gasteiger partial charge in [0.15, 0.2) is 29.0 Å². The van der Waals surface area contributed by atoms with Gasteiger partial charge in [-0.1, -0.05) is 60.7 Å². The van der Waals surface area contributed by atoms with Crippen molar-refractivity contribution in [3.63, 3.8) is 0 Å². The standard InChI is InChI=1S/C59H44F3N15/c1-28-12-11-13-46(59(60,61)62)54(28)45-26-52(76-48-22-37(55-68-29(2)64-30(3)69-55)14-18-41(48)42-19-15-38(23-49(42)76)56-70-31(4)65-32(5)71-56)53(27-47(45)63-10)77-50-24-39(57-72-33(6)66-34(7)73-57)16-20-43(50)44-21-17-40(25-51(44)77)58-74-35(8)67-36(9)75-58/h11-27H,1-9H3. The Morgan fingerprint density at radius 1 is 0.390 bits per heavy atom. The van der Waals surface area contributed by atoms with Crippen molar-refractivity contribution in [1.29, 1.82) is 0 Å². The first-order valence-electron chi connectivity index (χ1n) is 24.6. The second kappa shape index (κ2) is 18.0. The van der Waals surface area contributed by atoms with E-state index in [0.717, 1.165) is 27.6 Å². The molecule has 0 atom stereocenters. The van der Waals surface area contributed by atoms with Crippen LogP contribution in [0, 0.1) is 68.9 Å². The molecule has 0 fully saturated rings. The fourth-order valence-electron chi connectivity index (χ4n) is 10.6. The molecule has 15 nitrogen and oxygen atoms in total. The molecule has 77 heavy (non-hydrogen) atoms. The van der Waals surface area contributed by atoms with Crippen LogP contribution in [0.5, 0.6) is 0 Å². The summed E-state index contributed by atoms with van der Waals surface area (Å²) in [6, 6.07) is 31.3. The number of nitrogens with zero attached hydrogens (tertiary/aromatic N) is 15. The Morgan fingerprint density at radius 2 is 0.701 bits per heavy atom. The lowest BCUT2D eigenvalue weighted by atomic mass is 9.92. The van der Waals surface area contributed by atoms with Gasteiger partial charge in [-0.25, -0.2) is 64.7 Å². The van der Waals surface area contributed by atoms with Crippen LogP contribution in [-0.2, 0) is 6.18 Å². The third-order valence-corrected chi connectivity index (χ3v) is 13.5. The molecule has 6 aromatic carbocycles. The van der Waals surface area contributed by atoms with Crippen LogP contribution in [0.25, 0.3) is 117 Å². The second-order valence-corrected chi connectivity index (χ2v) is 19.1. The number of rotatable bonds is 7. The number of alkyl halides is 3. The molecule has 0 aliphatic rings. The Balaban J connectivity index is 1.29. The van der Waals surface area contributed by atoms with Crippen molar-refractivity contribution in [2.45, 2.75) is 68.5 Å². The van der Waals surface area contributed by atoms with Gasteiger partial charge < -0.3 is 9.13 Å². The third-order valence-electron chi connectivity index (χ3n) is 13.5. The fourth-order valence-corrected chi connectivity index (χ4v) is 10.6. The summed E-state index contributed by atoms with van der Waals surface area (Å²) in [5.74, 6) is 6.14. The summed E-state index contributed by atoms with van der Waals surface area (Å²) >= 11 is 0. The number of benzene rings is 6. The number of hydrogen-bond donors (Lipinski definition) is 0. The van der Waals surface area contributed by atoms with Gasteiger partial charge in [-0.15, -0.1) is 0 Å². The monoisotopic (exact) mass is 1020 g/mol. The minimum absolute atomic E-state index is 0.00675. The van der Waals surface area contributed by atoms with Crippen LogP contribution in [0.15, 0.2) is 103 Å². The van der Waals surface area contributed by atoms with Gasteiger partial charge in [0, 0.05) is 43.8 Å². The number of aryl methyl sites for hydroxylation is 9. The molecule has 0 bridgehead atoms. The highest BCUT2D eigenvalue weighted by Gasteiger charge is 2.35. The summed E-state index contributed by atoms with van der Waals surface area (Å²) in [4.78, 5) is 59.8. The number of hydrogen-bond acceptors (Lipinski definition) is 12. The Bertz CT molecular complexity index is 4230. The van der Waals surface area contributed by atoms with Crippen LogP contribution < -0.4 is 0 Å². The molecule has 12 aromatic rings. The maximum atomic E-state index is 15.4. The van der Waals surface area contributed by atoms with E-state index in [2.05, 4.69) is 29.3 Å². The molecule has 18 heteroatoms. The quantitative estimate of drug-likeness (QED) is 0.139. The predicted octanol–water partition coefficient (Wildman–Crippen LogP) is 13.3. The third kappa shape index (κ3) is 8.41. The van der Waals surface area contributed by atoms with Gasteiger partial charge in [-0.05, 0) is 121 Å². The molecular formula is C59H44F3N15. The lowest BCUT2D eigenvalue weighted by Gasteiger charge is -2.22. The summed E-state index contributed by atoms with van der Waals surface area (Å²) < 4.78 is 50.4. The second-order valence-electron chi connectivity index (χ2n) is 19.1. The van der Waals surface area contributed by atoms with Crippen molar-refractivity contribution in [2.24, 2.45) is 0 Å². The maximum absolute atomic E-state index is 15.4. The summed E-state index contributed by atoms with van der Waals surface area (Å²) in [5, 5.41) is 3.32. The van der Waals surface area contributed by atoms with Gasteiger partial charge in [0.05, 0.1) is 45.6 Å². The molecule has 0 N–H and O–H groups in total. The molecule has 0 saturated carbocycles. The molecule has 6 aromatic heterocycles. The fraction of sp³-hybridized carbons (Fsp3) is 0.169. The maximum Gasteiger partial charge on any atom is 0.416 e. The molecule has 6 heterocycles. The van der Waals surface area contributed by atoms with E-state index in [-0.39, 0.29) is 16.8 Å². The predicted molar refractivity (Wildman–Crippen MR) is 290 cm³/mol. The normalized spacial score (nSPS) is 11.9. The van der Waals surface area contributed by atoms with E-state index >= 15 is 13.2 Å². The van der Waals surface area contributed by atoms with Gasteiger partial charge in [0.2, 0.25) is 0 Å². The minimum atomic E-state index is -4.77. The molecule has 12 rings (SSSR count). The van der Waals surface area contributed by atoms with Gasteiger partial charge in [-0.3, -0.25) is 0 Å². The zero-order valence-corrected chi connectivity index (χ0v) is 43.2. The van der Waals surface area contributed by atoms with Crippen molar-refractivity contribution < 1.29 is 13.2 Å². The van der Waals surface area contributed by atoms with Gasteiger partial charge in [0.25, 0.3) is 0 Å². The lowest BCUT2D eigenvalue weighted by Crippen LogP contribution is -2.09. The summed E-state index contributed by atoms with van der Waals surface area (Å²) in [6.07, 6.45) is -4.77. The van der Waals surface area contributed by atoms with Crippen LogP contribution in [0.1, 0.15) is 57.7 Å².